The molecule has 1 amide bonds. The third kappa shape index (κ3) is 7.21. The van der Waals surface area contributed by atoms with Crippen molar-refractivity contribution in [2.75, 3.05) is 51.6 Å². The smallest absolute Gasteiger partial charge is 0.249 e. The summed E-state index contributed by atoms with van der Waals surface area (Å²) < 4.78 is 16.0. The molecule has 0 spiro atoms. The van der Waals surface area contributed by atoms with E-state index in [-0.39, 0.29) is 40.8 Å². The molecule has 9 N–H and O–H groups in total. The normalized spacial score (nSPS) is 14.2. The average Bonchev–Trinajstić information content (AvgIpc) is 3.24. The Morgan fingerprint density at radius 1 is 1.22 bits per heavy atom. The number of ether oxygens (including phenoxy) is 3. The first kappa shape index (κ1) is 31.5. The van der Waals surface area contributed by atoms with Crippen LogP contribution < -0.4 is 25.4 Å². The van der Waals surface area contributed by atoms with Gasteiger partial charge in [0, 0.05) is 38.2 Å². The van der Waals surface area contributed by atoms with Crippen molar-refractivity contribution in [3.05, 3.63) is 12.1 Å². The van der Waals surface area contributed by atoms with Crippen molar-refractivity contribution < 1.29 is 35.4 Å². The molecule has 0 saturated carbocycles. The van der Waals surface area contributed by atoms with E-state index in [2.05, 4.69) is 15.3 Å². The van der Waals surface area contributed by atoms with Gasteiger partial charge in [0.25, 0.3) is 0 Å². The van der Waals surface area contributed by atoms with Crippen LogP contribution in [0, 0.1) is 0 Å². The lowest BCUT2D eigenvalue weighted by Crippen LogP contribution is -2.36. The number of rotatable bonds is 8. The quantitative estimate of drug-likeness (QED) is 0.461. The van der Waals surface area contributed by atoms with Crippen LogP contribution in [0.4, 0.5) is 11.8 Å². The topological polar surface area (TPSA) is 206 Å². The Balaban J connectivity index is 0. The van der Waals surface area contributed by atoms with Crippen LogP contribution in [0.5, 0.6) is 11.5 Å². The SMILES string of the molecule is COc1cc2nc(N(C)CCCNC(=O)C3CCCO3)nc(N)c2cc1OC.Cl.O.O.O. The Bertz CT molecular complexity index is 852. The fraction of sp³-hybridized carbons (Fsp3) is 0.526. The van der Waals surface area contributed by atoms with E-state index >= 15 is 0 Å². The van der Waals surface area contributed by atoms with Gasteiger partial charge in [-0.05, 0) is 25.3 Å². The zero-order valence-corrected chi connectivity index (χ0v) is 19.3. The van der Waals surface area contributed by atoms with Gasteiger partial charge < -0.3 is 46.6 Å². The summed E-state index contributed by atoms with van der Waals surface area (Å²) in [7, 11) is 5.04. The molecule has 1 atom stereocenters. The molecule has 3 rings (SSSR count). The van der Waals surface area contributed by atoms with Crippen LogP contribution >= 0.6 is 12.4 Å². The highest BCUT2D eigenvalue weighted by Crippen LogP contribution is 2.33. The predicted octanol–water partition coefficient (Wildman–Crippen LogP) is -0.702. The summed E-state index contributed by atoms with van der Waals surface area (Å²) in [6.45, 7) is 1.90. The number of hydrogen-bond acceptors (Lipinski definition) is 8. The van der Waals surface area contributed by atoms with E-state index < -0.39 is 0 Å². The summed E-state index contributed by atoms with van der Waals surface area (Å²) in [4.78, 5) is 22.8. The maximum absolute atomic E-state index is 12.0. The highest BCUT2D eigenvalue weighted by atomic mass is 35.5. The summed E-state index contributed by atoms with van der Waals surface area (Å²) in [5.74, 6) is 2.02. The Morgan fingerprint density at radius 2 is 1.88 bits per heavy atom. The average molecular weight is 480 g/mol. The molecule has 1 saturated heterocycles. The van der Waals surface area contributed by atoms with Crippen LogP contribution in [0.1, 0.15) is 19.3 Å². The largest absolute Gasteiger partial charge is 0.493 e. The van der Waals surface area contributed by atoms with E-state index in [1.807, 2.05) is 11.9 Å². The Hall–Kier alpha value is -2.64. The summed E-state index contributed by atoms with van der Waals surface area (Å²) in [5.41, 5.74) is 6.81. The van der Waals surface area contributed by atoms with Crippen LogP contribution in [0.2, 0.25) is 0 Å². The molecule has 184 valence electrons. The number of carbonyl (C=O) groups excluding carboxylic acids is 1. The highest BCUT2D eigenvalue weighted by Gasteiger charge is 2.22. The van der Waals surface area contributed by atoms with Crippen molar-refractivity contribution in [2.24, 2.45) is 0 Å². The molecule has 2 heterocycles. The third-order valence-electron chi connectivity index (χ3n) is 4.75. The molecule has 1 fully saturated rings. The van der Waals surface area contributed by atoms with Crippen molar-refractivity contribution in [3.63, 3.8) is 0 Å². The molecule has 12 nitrogen and oxygen atoms in total. The number of halogens is 1. The lowest BCUT2D eigenvalue weighted by molar-refractivity contribution is -0.130. The van der Waals surface area contributed by atoms with Gasteiger partial charge in [-0.15, -0.1) is 12.4 Å². The Kier molecular flexibility index (Phi) is 14.2. The number of nitrogens with one attached hydrogen (secondary N) is 1. The van der Waals surface area contributed by atoms with Crippen LogP contribution in [-0.4, -0.2) is 79.4 Å². The number of aromatic nitrogens is 2. The van der Waals surface area contributed by atoms with Gasteiger partial charge in [-0.3, -0.25) is 4.79 Å². The molecule has 32 heavy (non-hydrogen) atoms. The number of anilines is 2. The maximum Gasteiger partial charge on any atom is 0.249 e. The second-order valence-corrected chi connectivity index (χ2v) is 6.70. The van der Waals surface area contributed by atoms with Crippen molar-refractivity contribution in [1.82, 2.24) is 15.3 Å². The number of nitrogens with two attached hydrogens (primary N) is 1. The molecule has 1 unspecified atom stereocenters. The lowest BCUT2D eigenvalue weighted by atomic mass is 10.2. The molecule has 0 bridgehead atoms. The number of fused-ring (bicyclic) bond motifs is 1. The molecule has 0 radical (unpaired) electrons. The molecular formula is C19H34ClN5O7. The monoisotopic (exact) mass is 479 g/mol. The molecule has 1 aliphatic heterocycles. The van der Waals surface area contributed by atoms with E-state index in [9.17, 15) is 4.79 Å². The molecule has 0 aliphatic carbocycles. The zero-order valence-electron chi connectivity index (χ0n) is 18.4. The van der Waals surface area contributed by atoms with Crippen molar-refractivity contribution in [1.29, 1.82) is 0 Å². The number of methoxy groups -OCH3 is 2. The maximum atomic E-state index is 12.0. The number of amides is 1. The second kappa shape index (κ2) is 14.4. The molecule has 2 aromatic rings. The minimum Gasteiger partial charge on any atom is -0.493 e. The van der Waals surface area contributed by atoms with E-state index in [4.69, 9.17) is 19.9 Å². The Labute approximate surface area is 192 Å². The highest BCUT2D eigenvalue weighted by molar-refractivity contribution is 5.91. The van der Waals surface area contributed by atoms with Gasteiger partial charge in [0.2, 0.25) is 11.9 Å². The van der Waals surface area contributed by atoms with E-state index in [1.165, 1.54) is 0 Å². The van der Waals surface area contributed by atoms with Crippen molar-refractivity contribution in [2.45, 2.75) is 25.4 Å². The summed E-state index contributed by atoms with van der Waals surface area (Å²) in [6.07, 6.45) is 2.19. The second-order valence-electron chi connectivity index (χ2n) is 6.70. The minimum absolute atomic E-state index is 0. The lowest BCUT2D eigenvalue weighted by Gasteiger charge is -2.19. The molecule has 13 heteroatoms. The van der Waals surface area contributed by atoms with Gasteiger partial charge in [0.1, 0.15) is 11.9 Å². The number of carbonyl (C=O) groups is 1. The van der Waals surface area contributed by atoms with Crippen LogP contribution in [0.15, 0.2) is 12.1 Å². The van der Waals surface area contributed by atoms with E-state index in [0.717, 1.165) is 19.3 Å². The van der Waals surface area contributed by atoms with Gasteiger partial charge in [0.05, 0.1) is 19.7 Å². The number of hydrogen-bond donors (Lipinski definition) is 2. The van der Waals surface area contributed by atoms with Crippen LogP contribution in [0.3, 0.4) is 0 Å². The van der Waals surface area contributed by atoms with Gasteiger partial charge in [-0.2, -0.15) is 4.98 Å². The first-order valence-corrected chi connectivity index (χ1v) is 9.33. The molecular weight excluding hydrogens is 446 g/mol. The Morgan fingerprint density at radius 3 is 2.47 bits per heavy atom. The van der Waals surface area contributed by atoms with Gasteiger partial charge in [-0.1, -0.05) is 0 Å². The first-order chi connectivity index (χ1) is 13.5. The molecule has 1 aliphatic rings. The fourth-order valence-electron chi connectivity index (χ4n) is 3.16. The summed E-state index contributed by atoms with van der Waals surface area (Å²) >= 11 is 0. The van der Waals surface area contributed by atoms with E-state index in [0.29, 0.717) is 53.9 Å². The van der Waals surface area contributed by atoms with Crippen LogP contribution in [-0.2, 0) is 9.53 Å². The first-order valence-electron chi connectivity index (χ1n) is 9.33. The zero-order chi connectivity index (χ0) is 20.1. The molecule has 1 aromatic carbocycles. The van der Waals surface area contributed by atoms with Gasteiger partial charge >= 0.3 is 0 Å². The predicted molar refractivity (Wildman–Crippen MR) is 125 cm³/mol. The number of nitrogens with zero attached hydrogens (tertiary/aromatic N) is 3. The van der Waals surface area contributed by atoms with Gasteiger partial charge in [-0.25, -0.2) is 4.98 Å². The van der Waals surface area contributed by atoms with Crippen molar-refractivity contribution >= 4 is 41.0 Å². The van der Waals surface area contributed by atoms with Gasteiger partial charge in [0.15, 0.2) is 11.5 Å². The minimum atomic E-state index is -0.298. The third-order valence-corrected chi connectivity index (χ3v) is 4.75. The molecule has 1 aromatic heterocycles. The van der Waals surface area contributed by atoms with E-state index in [1.54, 1.807) is 26.4 Å². The number of benzene rings is 1. The van der Waals surface area contributed by atoms with Crippen molar-refractivity contribution in [3.8, 4) is 11.5 Å². The fourth-order valence-corrected chi connectivity index (χ4v) is 3.16. The summed E-state index contributed by atoms with van der Waals surface area (Å²) in [6, 6.07) is 3.55. The summed E-state index contributed by atoms with van der Waals surface area (Å²) in [5, 5.41) is 3.62. The number of nitrogen functional groups attached to an aromatic ring is 1. The van der Waals surface area contributed by atoms with Crippen LogP contribution in [0.25, 0.3) is 10.9 Å². The standard InChI is InChI=1S/C19H27N5O4.ClH.3H2O/c1-24(8-5-7-21-18(25)14-6-4-9-28-14)19-22-13-11-16(27-3)15(26-2)10-12(13)17(20)23-19;;;;/h10-11,14H,4-9H2,1-3H3,(H,21,25)(H2,20,22,23);1H;3*1H2.